The molecule has 0 aliphatic heterocycles. The van der Waals surface area contributed by atoms with Crippen LogP contribution in [0.2, 0.25) is 0 Å². The van der Waals surface area contributed by atoms with Gasteiger partial charge in [0.15, 0.2) is 0 Å². The fourth-order valence-corrected chi connectivity index (χ4v) is 2.05. The van der Waals surface area contributed by atoms with E-state index in [0.717, 1.165) is 15.6 Å². The third-order valence-electron chi connectivity index (χ3n) is 2.76. The summed E-state index contributed by atoms with van der Waals surface area (Å²) < 4.78 is 1.02. The normalized spacial score (nSPS) is 10.3. The number of anilines is 1. The molecule has 4 nitrogen and oxygen atoms in total. The molecular weight excluding hydrogens is 308 g/mol. The molecule has 5 heteroatoms. The second-order valence-corrected chi connectivity index (χ2v) is 5.08. The first-order valence-corrected chi connectivity index (χ1v) is 6.54. The maximum Gasteiger partial charge on any atom is 0.261 e. The molecule has 0 fully saturated rings. The van der Waals surface area contributed by atoms with Gasteiger partial charge in [-0.1, -0.05) is 15.9 Å². The Balaban J connectivity index is 2.30. The predicted octanol–water partition coefficient (Wildman–Crippen LogP) is 3.01. The number of aryl methyl sites for hydroxylation is 2. The highest BCUT2D eigenvalue weighted by Gasteiger charge is 2.11. The van der Waals surface area contributed by atoms with Crippen molar-refractivity contribution in [2.75, 3.05) is 5.32 Å². The SMILES string of the molecule is Cc1cc(NC(=O)c2ccc[nH]c2=O)cc(C)c1Br. The number of carbonyl (C=O) groups excluding carboxylic acids is 1. The van der Waals surface area contributed by atoms with Crippen molar-refractivity contribution in [1.29, 1.82) is 0 Å². The number of hydrogen-bond donors (Lipinski definition) is 2. The highest BCUT2D eigenvalue weighted by Crippen LogP contribution is 2.25. The molecule has 0 radical (unpaired) electrons. The van der Waals surface area contributed by atoms with Gasteiger partial charge in [-0.05, 0) is 49.2 Å². The van der Waals surface area contributed by atoms with Gasteiger partial charge in [-0.25, -0.2) is 0 Å². The van der Waals surface area contributed by atoms with Crippen LogP contribution in [-0.4, -0.2) is 10.9 Å². The molecule has 0 atom stereocenters. The van der Waals surface area contributed by atoms with Crippen LogP contribution in [0.15, 0.2) is 39.7 Å². The summed E-state index contributed by atoms with van der Waals surface area (Å²) in [6, 6.07) is 6.82. The largest absolute Gasteiger partial charge is 0.328 e. The molecule has 2 aromatic rings. The van der Waals surface area contributed by atoms with E-state index >= 15 is 0 Å². The van der Waals surface area contributed by atoms with Gasteiger partial charge in [-0.3, -0.25) is 9.59 Å². The van der Waals surface area contributed by atoms with E-state index in [2.05, 4.69) is 26.2 Å². The number of hydrogen-bond acceptors (Lipinski definition) is 2. The fraction of sp³-hybridized carbons (Fsp3) is 0.143. The molecule has 0 aliphatic carbocycles. The fourth-order valence-electron chi connectivity index (χ4n) is 1.82. The molecule has 0 spiro atoms. The van der Waals surface area contributed by atoms with Crippen LogP contribution in [0.1, 0.15) is 21.5 Å². The second-order valence-electron chi connectivity index (χ2n) is 4.29. The van der Waals surface area contributed by atoms with Crippen molar-refractivity contribution >= 4 is 27.5 Å². The molecule has 19 heavy (non-hydrogen) atoms. The van der Waals surface area contributed by atoms with Crippen molar-refractivity contribution in [2.24, 2.45) is 0 Å². The summed E-state index contributed by atoms with van der Waals surface area (Å²) >= 11 is 3.47. The van der Waals surface area contributed by atoms with Crippen molar-refractivity contribution in [3.05, 3.63) is 62.0 Å². The number of aromatic amines is 1. The number of carbonyl (C=O) groups is 1. The van der Waals surface area contributed by atoms with Crippen LogP contribution in [0.25, 0.3) is 0 Å². The minimum Gasteiger partial charge on any atom is -0.328 e. The topological polar surface area (TPSA) is 62.0 Å². The average Bonchev–Trinajstić information content (AvgIpc) is 2.36. The molecule has 0 saturated heterocycles. The van der Waals surface area contributed by atoms with Gasteiger partial charge in [-0.2, -0.15) is 0 Å². The number of benzene rings is 1. The van der Waals surface area contributed by atoms with Gasteiger partial charge < -0.3 is 10.3 Å². The van der Waals surface area contributed by atoms with Crippen molar-refractivity contribution in [2.45, 2.75) is 13.8 Å². The third kappa shape index (κ3) is 2.93. The monoisotopic (exact) mass is 320 g/mol. The average molecular weight is 321 g/mol. The Morgan fingerprint density at radius 1 is 1.26 bits per heavy atom. The molecule has 2 rings (SSSR count). The van der Waals surface area contributed by atoms with E-state index < -0.39 is 11.5 Å². The number of pyridine rings is 1. The Kier molecular flexibility index (Phi) is 3.85. The number of aromatic nitrogens is 1. The van der Waals surface area contributed by atoms with Crippen LogP contribution >= 0.6 is 15.9 Å². The Labute approximate surface area is 119 Å². The molecule has 0 unspecified atom stereocenters. The van der Waals surface area contributed by atoms with E-state index in [1.807, 2.05) is 26.0 Å². The first-order valence-electron chi connectivity index (χ1n) is 5.75. The Hall–Kier alpha value is -1.88. The van der Waals surface area contributed by atoms with E-state index in [1.54, 1.807) is 6.07 Å². The highest BCUT2D eigenvalue weighted by molar-refractivity contribution is 9.10. The number of rotatable bonds is 2. The summed E-state index contributed by atoms with van der Waals surface area (Å²) in [5.74, 6) is -0.414. The second kappa shape index (κ2) is 5.40. The molecular formula is C14H13BrN2O2. The molecule has 1 amide bonds. The van der Waals surface area contributed by atoms with E-state index in [-0.39, 0.29) is 5.56 Å². The zero-order valence-corrected chi connectivity index (χ0v) is 12.2. The number of halogens is 1. The third-order valence-corrected chi connectivity index (χ3v) is 4.01. The number of amides is 1. The Bertz CT molecular complexity index is 669. The van der Waals surface area contributed by atoms with Crippen molar-refractivity contribution < 1.29 is 4.79 Å². The van der Waals surface area contributed by atoms with Crippen LogP contribution in [0.5, 0.6) is 0 Å². The predicted molar refractivity (Wildman–Crippen MR) is 78.6 cm³/mol. The molecule has 0 bridgehead atoms. The lowest BCUT2D eigenvalue weighted by atomic mass is 10.1. The van der Waals surface area contributed by atoms with Crippen molar-refractivity contribution in [3.8, 4) is 0 Å². The first-order chi connectivity index (χ1) is 8.99. The summed E-state index contributed by atoms with van der Waals surface area (Å²) in [4.78, 5) is 26.0. The lowest BCUT2D eigenvalue weighted by molar-refractivity contribution is 0.102. The molecule has 1 aromatic carbocycles. The Morgan fingerprint density at radius 3 is 2.47 bits per heavy atom. The lowest BCUT2D eigenvalue weighted by Gasteiger charge is -2.09. The first kappa shape index (κ1) is 13.5. The van der Waals surface area contributed by atoms with Crippen LogP contribution in [0, 0.1) is 13.8 Å². The van der Waals surface area contributed by atoms with E-state index in [4.69, 9.17) is 0 Å². The van der Waals surface area contributed by atoms with E-state index in [9.17, 15) is 9.59 Å². The van der Waals surface area contributed by atoms with Crippen LogP contribution in [0.4, 0.5) is 5.69 Å². The van der Waals surface area contributed by atoms with Gasteiger partial charge in [0, 0.05) is 16.4 Å². The number of nitrogens with one attached hydrogen (secondary N) is 2. The van der Waals surface area contributed by atoms with E-state index in [0.29, 0.717) is 5.69 Å². The Morgan fingerprint density at radius 2 is 1.89 bits per heavy atom. The quantitative estimate of drug-likeness (QED) is 0.893. The molecule has 1 aromatic heterocycles. The van der Waals surface area contributed by atoms with Gasteiger partial charge >= 0.3 is 0 Å². The van der Waals surface area contributed by atoms with E-state index in [1.165, 1.54) is 12.3 Å². The van der Waals surface area contributed by atoms with Gasteiger partial charge in [0.25, 0.3) is 11.5 Å². The van der Waals surface area contributed by atoms with Gasteiger partial charge in [0.05, 0.1) is 0 Å². The zero-order valence-electron chi connectivity index (χ0n) is 10.6. The summed E-state index contributed by atoms with van der Waals surface area (Å²) in [5, 5.41) is 2.73. The molecule has 2 N–H and O–H groups in total. The molecule has 0 aliphatic rings. The summed E-state index contributed by atoms with van der Waals surface area (Å²) in [5.41, 5.74) is 2.42. The highest BCUT2D eigenvalue weighted by atomic mass is 79.9. The summed E-state index contributed by atoms with van der Waals surface area (Å²) in [7, 11) is 0. The summed E-state index contributed by atoms with van der Waals surface area (Å²) in [6.45, 7) is 3.89. The maximum absolute atomic E-state index is 12.0. The maximum atomic E-state index is 12.0. The standard InChI is InChI=1S/C14H13BrN2O2/c1-8-6-10(7-9(2)12(8)15)17-14(19)11-4-3-5-16-13(11)18/h3-7H,1-2H3,(H,16,18)(H,17,19). The molecule has 1 heterocycles. The molecule has 98 valence electrons. The molecule has 0 saturated carbocycles. The van der Waals surface area contributed by atoms with Crippen LogP contribution < -0.4 is 10.9 Å². The lowest BCUT2D eigenvalue weighted by Crippen LogP contribution is -2.22. The van der Waals surface area contributed by atoms with Gasteiger partial charge in [-0.15, -0.1) is 0 Å². The smallest absolute Gasteiger partial charge is 0.261 e. The van der Waals surface area contributed by atoms with Gasteiger partial charge in [0.2, 0.25) is 0 Å². The van der Waals surface area contributed by atoms with Crippen LogP contribution in [0.3, 0.4) is 0 Å². The zero-order chi connectivity index (χ0) is 14.0. The minimum atomic E-state index is -0.414. The van der Waals surface area contributed by atoms with Crippen molar-refractivity contribution in [3.63, 3.8) is 0 Å². The number of H-pyrrole nitrogens is 1. The summed E-state index contributed by atoms with van der Waals surface area (Å²) in [6.07, 6.45) is 1.49. The minimum absolute atomic E-state index is 0.0979. The van der Waals surface area contributed by atoms with Crippen molar-refractivity contribution in [1.82, 2.24) is 4.98 Å². The van der Waals surface area contributed by atoms with Crippen LogP contribution in [-0.2, 0) is 0 Å². The van der Waals surface area contributed by atoms with Gasteiger partial charge in [0.1, 0.15) is 5.56 Å².